The number of hydrogen-bond donors (Lipinski definition) is 0. The number of aryl methyl sites for hydroxylation is 1. The molecule has 1 aromatic heterocycles. The van der Waals surface area contributed by atoms with Crippen LogP contribution in [0.1, 0.15) is 12.8 Å². The lowest BCUT2D eigenvalue weighted by molar-refractivity contribution is 0.473. The van der Waals surface area contributed by atoms with Crippen LogP contribution in [-0.4, -0.2) is 34.9 Å². The molecule has 1 aliphatic heterocycles. The van der Waals surface area contributed by atoms with Crippen LogP contribution < -0.4 is 11.2 Å². The molecule has 0 amide bonds. The largest absolute Gasteiger partial charge is 0.330 e. The van der Waals surface area contributed by atoms with E-state index in [-0.39, 0.29) is 4.90 Å². The molecule has 0 aliphatic carbocycles. The summed E-state index contributed by atoms with van der Waals surface area (Å²) in [5.41, 5.74) is -1.31. The first kappa shape index (κ1) is 13.0. The molecule has 1 aromatic rings. The molecule has 0 spiro atoms. The first-order valence-electron chi connectivity index (χ1n) is 5.62. The van der Waals surface area contributed by atoms with Gasteiger partial charge in [-0.15, -0.1) is 0 Å². The number of nitrogens with zero attached hydrogens (tertiary/aromatic N) is 3. The molecule has 1 fully saturated rings. The zero-order valence-electron chi connectivity index (χ0n) is 10.3. The average molecular weight is 273 g/mol. The standard InChI is InChI=1S/C10H15N3O4S/c1-11-7-8(9(14)12(2)10(11)15)18(16,17)13-5-3-4-6-13/h7H,3-6H2,1-2H3. The summed E-state index contributed by atoms with van der Waals surface area (Å²) in [6.07, 6.45) is 2.69. The van der Waals surface area contributed by atoms with Crippen molar-refractivity contribution in [2.75, 3.05) is 13.1 Å². The molecular weight excluding hydrogens is 258 g/mol. The van der Waals surface area contributed by atoms with Crippen LogP contribution in [0.25, 0.3) is 0 Å². The highest BCUT2D eigenvalue weighted by molar-refractivity contribution is 7.89. The molecule has 2 rings (SSSR count). The van der Waals surface area contributed by atoms with E-state index in [9.17, 15) is 18.0 Å². The Labute approximate surface area is 104 Å². The first-order valence-corrected chi connectivity index (χ1v) is 7.06. The zero-order chi connectivity index (χ0) is 13.5. The van der Waals surface area contributed by atoms with E-state index < -0.39 is 21.3 Å². The van der Waals surface area contributed by atoms with Crippen LogP contribution in [-0.2, 0) is 24.1 Å². The summed E-state index contributed by atoms with van der Waals surface area (Å²) >= 11 is 0. The maximum Gasteiger partial charge on any atom is 0.330 e. The Kier molecular flexibility index (Phi) is 3.16. The van der Waals surface area contributed by atoms with Crippen molar-refractivity contribution in [2.45, 2.75) is 17.7 Å². The molecule has 0 radical (unpaired) electrons. The van der Waals surface area contributed by atoms with E-state index in [1.807, 2.05) is 0 Å². The van der Waals surface area contributed by atoms with Crippen molar-refractivity contribution in [1.82, 2.24) is 13.4 Å². The van der Waals surface area contributed by atoms with Crippen LogP contribution in [0.4, 0.5) is 0 Å². The fourth-order valence-electron chi connectivity index (χ4n) is 2.02. The number of sulfonamides is 1. The molecule has 0 atom stereocenters. The van der Waals surface area contributed by atoms with Gasteiger partial charge in [0.1, 0.15) is 0 Å². The Hall–Kier alpha value is -1.41. The Morgan fingerprint density at radius 3 is 2.22 bits per heavy atom. The van der Waals surface area contributed by atoms with Crippen LogP contribution in [0.15, 0.2) is 20.7 Å². The van der Waals surface area contributed by atoms with E-state index in [4.69, 9.17) is 0 Å². The third-order valence-corrected chi connectivity index (χ3v) is 4.98. The number of rotatable bonds is 2. The monoisotopic (exact) mass is 273 g/mol. The third-order valence-electron chi connectivity index (χ3n) is 3.10. The van der Waals surface area contributed by atoms with Crippen molar-refractivity contribution in [3.05, 3.63) is 27.0 Å². The highest BCUT2D eigenvalue weighted by Gasteiger charge is 2.30. The predicted molar refractivity (Wildman–Crippen MR) is 64.9 cm³/mol. The van der Waals surface area contributed by atoms with E-state index in [2.05, 4.69) is 0 Å². The van der Waals surface area contributed by atoms with Gasteiger partial charge in [-0.05, 0) is 12.8 Å². The van der Waals surface area contributed by atoms with Crippen LogP contribution >= 0.6 is 0 Å². The molecule has 100 valence electrons. The maximum atomic E-state index is 12.3. The van der Waals surface area contributed by atoms with Gasteiger partial charge in [0.15, 0.2) is 4.90 Å². The molecule has 0 N–H and O–H groups in total. The molecule has 0 bridgehead atoms. The Morgan fingerprint density at radius 1 is 1.11 bits per heavy atom. The van der Waals surface area contributed by atoms with Gasteiger partial charge in [0.25, 0.3) is 5.56 Å². The van der Waals surface area contributed by atoms with Crippen molar-refractivity contribution in [2.24, 2.45) is 14.1 Å². The fourth-order valence-corrected chi connectivity index (χ4v) is 3.69. The Morgan fingerprint density at radius 2 is 1.67 bits per heavy atom. The summed E-state index contributed by atoms with van der Waals surface area (Å²) in [7, 11) is -1.10. The molecule has 0 saturated carbocycles. The van der Waals surface area contributed by atoms with E-state index in [0.29, 0.717) is 13.1 Å². The minimum Gasteiger partial charge on any atom is -0.302 e. The highest BCUT2D eigenvalue weighted by atomic mass is 32.2. The summed E-state index contributed by atoms with van der Waals surface area (Å²) in [6, 6.07) is 0. The predicted octanol–water partition coefficient (Wildman–Crippen LogP) is -1.13. The summed E-state index contributed by atoms with van der Waals surface area (Å²) < 4.78 is 27.7. The average Bonchev–Trinajstić information content (AvgIpc) is 2.85. The molecule has 0 unspecified atom stereocenters. The first-order chi connectivity index (χ1) is 8.35. The lowest BCUT2D eigenvalue weighted by Crippen LogP contribution is -2.42. The van der Waals surface area contributed by atoms with E-state index in [1.165, 1.54) is 18.4 Å². The van der Waals surface area contributed by atoms with Crippen molar-refractivity contribution < 1.29 is 8.42 Å². The van der Waals surface area contributed by atoms with Crippen LogP contribution in [0.2, 0.25) is 0 Å². The van der Waals surface area contributed by atoms with Gasteiger partial charge in [-0.25, -0.2) is 13.2 Å². The second-order valence-corrected chi connectivity index (χ2v) is 6.27. The highest BCUT2D eigenvalue weighted by Crippen LogP contribution is 2.17. The zero-order valence-corrected chi connectivity index (χ0v) is 11.1. The minimum absolute atomic E-state index is 0.339. The minimum atomic E-state index is -3.79. The van der Waals surface area contributed by atoms with Gasteiger partial charge in [-0.2, -0.15) is 4.31 Å². The fraction of sp³-hybridized carbons (Fsp3) is 0.600. The van der Waals surface area contributed by atoms with Gasteiger partial charge in [-0.3, -0.25) is 9.36 Å². The van der Waals surface area contributed by atoms with Crippen LogP contribution in [0, 0.1) is 0 Å². The number of aromatic nitrogens is 2. The van der Waals surface area contributed by atoms with E-state index >= 15 is 0 Å². The SMILES string of the molecule is Cn1cc(S(=O)(=O)N2CCCC2)c(=O)n(C)c1=O. The second kappa shape index (κ2) is 4.36. The quantitative estimate of drug-likeness (QED) is 0.682. The Bertz CT molecular complexity index is 680. The van der Waals surface area contributed by atoms with Crippen LogP contribution in [0.5, 0.6) is 0 Å². The van der Waals surface area contributed by atoms with Crippen molar-refractivity contribution in [3.63, 3.8) is 0 Å². The second-order valence-electron chi connectivity index (χ2n) is 4.36. The lowest BCUT2D eigenvalue weighted by Gasteiger charge is -2.15. The van der Waals surface area contributed by atoms with Gasteiger partial charge in [0.05, 0.1) is 0 Å². The topological polar surface area (TPSA) is 81.4 Å². The van der Waals surface area contributed by atoms with Gasteiger partial charge in [-0.1, -0.05) is 0 Å². The summed E-state index contributed by atoms with van der Waals surface area (Å²) in [5.74, 6) is 0. The van der Waals surface area contributed by atoms with Gasteiger partial charge in [0.2, 0.25) is 10.0 Å². The molecule has 0 aromatic carbocycles. The van der Waals surface area contributed by atoms with Gasteiger partial charge < -0.3 is 4.57 Å². The molecule has 1 aliphatic rings. The molecule has 18 heavy (non-hydrogen) atoms. The maximum absolute atomic E-state index is 12.3. The molecule has 8 heteroatoms. The van der Waals surface area contributed by atoms with Gasteiger partial charge >= 0.3 is 5.69 Å². The number of hydrogen-bond acceptors (Lipinski definition) is 4. The van der Waals surface area contributed by atoms with Gasteiger partial charge in [0, 0.05) is 33.4 Å². The normalized spacial score (nSPS) is 17.2. The molecule has 7 nitrogen and oxygen atoms in total. The van der Waals surface area contributed by atoms with Crippen molar-refractivity contribution in [3.8, 4) is 0 Å². The summed E-state index contributed by atoms with van der Waals surface area (Å²) in [5, 5.41) is 0. The molecule has 2 heterocycles. The van der Waals surface area contributed by atoms with Crippen molar-refractivity contribution in [1.29, 1.82) is 0 Å². The summed E-state index contributed by atoms with van der Waals surface area (Å²) in [4.78, 5) is 23.1. The Balaban J connectivity index is 2.65. The van der Waals surface area contributed by atoms with Crippen molar-refractivity contribution >= 4 is 10.0 Å². The lowest BCUT2D eigenvalue weighted by atomic mass is 10.4. The molecular formula is C10H15N3O4S. The van der Waals surface area contributed by atoms with E-state index in [0.717, 1.165) is 28.2 Å². The molecule has 1 saturated heterocycles. The summed E-state index contributed by atoms with van der Waals surface area (Å²) in [6.45, 7) is 0.850. The van der Waals surface area contributed by atoms with E-state index in [1.54, 1.807) is 0 Å². The van der Waals surface area contributed by atoms with Crippen LogP contribution in [0.3, 0.4) is 0 Å². The smallest absolute Gasteiger partial charge is 0.302 e. The third kappa shape index (κ3) is 1.91.